The van der Waals surface area contributed by atoms with Crippen LogP contribution in [0, 0.1) is 5.92 Å². The quantitative estimate of drug-likeness (QED) is 0.806. The molecule has 0 spiro atoms. The lowest BCUT2D eigenvalue weighted by molar-refractivity contribution is -0.148. The SMILES string of the molecule is COc1ccccc1N1CC(C(=O)NC2(C(=O)O)CCSCC2)CC1=O. The summed E-state index contributed by atoms with van der Waals surface area (Å²) in [5, 5.41) is 12.3. The van der Waals surface area contributed by atoms with Gasteiger partial charge in [0.25, 0.3) is 0 Å². The molecule has 1 unspecified atom stereocenters. The van der Waals surface area contributed by atoms with Gasteiger partial charge < -0.3 is 20.1 Å². The number of thioether (sulfide) groups is 1. The summed E-state index contributed by atoms with van der Waals surface area (Å²) in [4.78, 5) is 38.4. The fourth-order valence-corrected chi connectivity index (χ4v) is 4.61. The maximum atomic E-state index is 12.7. The molecular formula is C18H22N2O5S. The molecule has 140 valence electrons. The number of rotatable bonds is 5. The molecule has 7 nitrogen and oxygen atoms in total. The third kappa shape index (κ3) is 3.51. The first-order valence-corrected chi connectivity index (χ1v) is 9.69. The van der Waals surface area contributed by atoms with Crippen LogP contribution in [0.25, 0.3) is 0 Å². The molecule has 0 bridgehead atoms. The van der Waals surface area contributed by atoms with Gasteiger partial charge in [-0.3, -0.25) is 9.59 Å². The summed E-state index contributed by atoms with van der Waals surface area (Å²) in [7, 11) is 1.53. The van der Waals surface area contributed by atoms with Gasteiger partial charge in [0, 0.05) is 13.0 Å². The van der Waals surface area contributed by atoms with Gasteiger partial charge in [-0.25, -0.2) is 4.79 Å². The number of nitrogens with zero attached hydrogens (tertiary/aromatic N) is 1. The minimum atomic E-state index is -1.22. The summed E-state index contributed by atoms with van der Waals surface area (Å²) < 4.78 is 5.30. The Hall–Kier alpha value is -2.22. The number of carbonyl (C=O) groups excluding carboxylic acids is 2. The average molecular weight is 378 g/mol. The van der Waals surface area contributed by atoms with Gasteiger partial charge in [-0.05, 0) is 36.5 Å². The van der Waals surface area contributed by atoms with Crippen molar-refractivity contribution in [3.63, 3.8) is 0 Å². The average Bonchev–Trinajstić information content (AvgIpc) is 3.04. The summed E-state index contributed by atoms with van der Waals surface area (Å²) >= 11 is 1.69. The van der Waals surface area contributed by atoms with Crippen molar-refractivity contribution in [2.24, 2.45) is 5.92 Å². The number of carboxylic acids is 1. The smallest absolute Gasteiger partial charge is 0.329 e. The Kier molecular flexibility index (Phi) is 5.41. The van der Waals surface area contributed by atoms with E-state index >= 15 is 0 Å². The number of methoxy groups -OCH3 is 1. The molecule has 1 aromatic carbocycles. The molecule has 0 saturated carbocycles. The highest BCUT2D eigenvalue weighted by Gasteiger charge is 2.44. The van der Waals surface area contributed by atoms with Crippen LogP contribution in [-0.2, 0) is 14.4 Å². The Morgan fingerprint density at radius 3 is 2.65 bits per heavy atom. The third-order valence-corrected chi connectivity index (χ3v) is 5.98. The minimum Gasteiger partial charge on any atom is -0.495 e. The number of carbonyl (C=O) groups is 3. The monoisotopic (exact) mass is 378 g/mol. The lowest BCUT2D eigenvalue weighted by atomic mass is 9.91. The van der Waals surface area contributed by atoms with Gasteiger partial charge in [0.05, 0.1) is 18.7 Å². The van der Waals surface area contributed by atoms with E-state index in [0.29, 0.717) is 35.8 Å². The minimum absolute atomic E-state index is 0.0638. The van der Waals surface area contributed by atoms with Crippen LogP contribution in [0.4, 0.5) is 5.69 Å². The van der Waals surface area contributed by atoms with E-state index in [0.717, 1.165) is 0 Å². The van der Waals surface area contributed by atoms with Crippen molar-refractivity contribution >= 4 is 35.2 Å². The Bertz CT molecular complexity index is 717. The first-order valence-electron chi connectivity index (χ1n) is 8.53. The van der Waals surface area contributed by atoms with E-state index in [-0.39, 0.29) is 24.8 Å². The van der Waals surface area contributed by atoms with Gasteiger partial charge in [-0.15, -0.1) is 0 Å². The van der Waals surface area contributed by atoms with E-state index < -0.39 is 17.4 Å². The first-order chi connectivity index (χ1) is 12.5. The van der Waals surface area contributed by atoms with Crippen LogP contribution < -0.4 is 15.0 Å². The summed E-state index contributed by atoms with van der Waals surface area (Å²) in [6.07, 6.45) is 0.861. The Labute approximate surface area is 156 Å². The molecule has 2 amide bonds. The number of nitrogens with one attached hydrogen (secondary N) is 1. The van der Waals surface area contributed by atoms with Crippen LogP contribution >= 0.6 is 11.8 Å². The molecule has 8 heteroatoms. The fraction of sp³-hybridized carbons (Fsp3) is 0.500. The van der Waals surface area contributed by atoms with Gasteiger partial charge in [0.2, 0.25) is 11.8 Å². The third-order valence-electron chi connectivity index (χ3n) is 4.99. The molecule has 26 heavy (non-hydrogen) atoms. The molecule has 0 radical (unpaired) electrons. The number of amides is 2. The normalized spacial score (nSPS) is 22.1. The van der Waals surface area contributed by atoms with Crippen molar-refractivity contribution in [3.05, 3.63) is 24.3 Å². The van der Waals surface area contributed by atoms with Crippen molar-refractivity contribution in [2.45, 2.75) is 24.8 Å². The van der Waals surface area contributed by atoms with Gasteiger partial charge in [0.1, 0.15) is 11.3 Å². The zero-order valence-corrected chi connectivity index (χ0v) is 15.4. The maximum Gasteiger partial charge on any atom is 0.329 e. The van der Waals surface area contributed by atoms with Gasteiger partial charge in [0.15, 0.2) is 0 Å². The highest BCUT2D eigenvalue weighted by Crippen LogP contribution is 2.34. The van der Waals surface area contributed by atoms with Crippen molar-refractivity contribution in [1.29, 1.82) is 0 Å². The summed E-state index contributed by atoms with van der Waals surface area (Å²) in [5.74, 6) is -0.153. The molecule has 3 rings (SSSR count). The zero-order valence-electron chi connectivity index (χ0n) is 14.6. The van der Waals surface area contributed by atoms with Crippen LogP contribution in [-0.4, -0.2) is 53.6 Å². The second-order valence-corrected chi connectivity index (χ2v) is 7.79. The largest absolute Gasteiger partial charge is 0.495 e. The van der Waals surface area contributed by atoms with Crippen molar-refractivity contribution in [2.75, 3.05) is 30.1 Å². The van der Waals surface area contributed by atoms with Gasteiger partial charge >= 0.3 is 5.97 Å². The summed E-state index contributed by atoms with van der Waals surface area (Å²) in [6.45, 7) is 0.218. The van der Waals surface area contributed by atoms with Crippen molar-refractivity contribution in [3.8, 4) is 5.75 Å². The van der Waals surface area contributed by atoms with Crippen LogP contribution in [0.3, 0.4) is 0 Å². The Morgan fingerprint density at radius 1 is 1.31 bits per heavy atom. The zero-order chi connectivity index (χ0) is 18.7. The topological polar surface area (TPSA) is 95.9 Å². The highest BCUT2D eigenvalue weighted by molar-refractivity contribution is 7.99. The van der Waals surface area contributed by atoms with E-state index in [1.807, 2.05) is 6.07 Å². The number of hydrogen-bond acceptors (Lipinski definition) is 5. The van der Waals surface area contributed by atoms with Crippen LogP contribution in [0.15, 0.2) is 24.3 Å². The van der Waals surface area contributed by atoms with E-state index in [1.54, 1.807) is 30.0 Å². The first kappa shape index (κ1) is 18.6. The van der Waals surface area contributed by atoms with Crippen molar-refractivity contribution < 1.29 is 24.2 Å². The van der Waals surface area contributed by atoms with Crippen molar-refractivity contribution in [1.82, 2.24) is 5.32 Å². The number of ether oxygens (including phenoxy) is 1. The molecule has 1 atom stereocenters. The second kappa shape index (κ2) is 7.57. The van der Waals surface area contributed by atoms with E-state index in [4.69, 9.17) is 4.74 Å². The van der Waals surface area contributed by atoms with E-state index in [1.165, 1.54) is 12.0 Å². The van der Waals surface area contributed by atoms with E-state index in [9.17, 15) is 19.5 Å². The molecular weight excluding hydrogens is 356 g/mol. The number of hydrogen-bond donors (Lipinski definition) is 2. The molecule has 2 saturated heterocycles. The standard InChI is InChI=1S/C18H22N2O5S/c1-25-14-5-3-2-4-13(14)20-11-12(10-15(20)21)16(22)19-18(17(23)24)6-8-26-9-7-18/h2-5,12H,6-11H2,1H3,(H,19,22)(H,23,24). The maximum absolute atomic E-state index is 12.7. The van der Waals surface area contributed by atoms with E-state index in [2.05, 4.69) is 5.32 Å². The van der Waals surface area contributed by atoms with Gasteiger partial charge in [-0.2, -0.15) is 11.8 Å². The molecule has 2 fully saturated rings. The highest BCUT2D eigenvalue weighted by atomic mass is 32.2. The summed E-state index contributed by atoms with van der Waals surface area (Å²) in [6, 6.07) is 7.14. The lowest BCUT2D eigenvalue weighted by Gasteiger charge is -2.34. The van der Waals surface area contributed by atoms with Crippen LogP contribution in [0.5, 0.6) is 5.75 Å². The molecule has 2 N–H and O–H groups in total. The van der Waals surface area contributed by atoms with Gasteiger partial charge in [-0.1, -0.05) is 12.1 Å². The molecule has 2 aliphatic rings. The molecule has 1 aromatic rings. The predicted octanol–water partition coefficient (Wildman–Crippen LogP) is 1.51. The number of anilines is 1. The Morgan fingerprint density at radius 2 is 2.00 bits per heavy atom. The predicted molar refractivity (Wildman–Crippen MR) is 98.5 cm³/mol. The van der Waals surface area contributed by atoms with Crippen LogP contribution in [0.1, 0.15) is 19.3 Å². The number of carboxylic acid groups (broad SMARTS) is 1. The second-order valence-electron chi connectivity index (χ2n) is 6.57. The number of benzene rings is 1. The molecule has 2 aliphatic heterocycles. The number of para-hydroxylation sites is 2. The molecule has 0 aliphatic carbocycles. The fourth-order valence-electron chi connectivity index (χ4n) is 3.42. The Balaban J connectivity index is 1.73. The molecule has 2 heterocycles. The van der Waals surface area contributed by atoms with Crippen LogP contribution in [0.2, 0.25) is 0 Å². The number of aliphatic carboxylic acids is 1. The molecule has 0 aromatic heterocycles. The summed E-state index contributed by atoms with van der Waals surface area (Å²) in [5.41, 5.74) is -0.596. The lowest BCUT2D eigenvalue weighted by Crippen LogP contribution is -2.58.